The molecule has 2 rings (SSSR count). The van der Waals surface area contributed by atoms with Crippen LogP contribution in [0.15, 0.2) is 0 Å². The molecular formula is C16H29N3O3. The molecular weight excluding hydrogens is 282 g/mol. The van der Waals surface area contributed by atoms with Crippen LogP contribution in [0.2, 0.25) is 0 Å². The lowest BCUT2D eigenvalue weighted by Crippen LogP contribution is -2.50. The van der Waals surface area contributed by atoms with Crippen LogP contribution >= 0.6 is 0 Å². The summed E-state index contributed by atoms with van der Waals surface area (Å²) in [4.78, 5) is 28.5. The molecule has 0 aromatic heterocycles. The van der Waals surface area contributed by atoms with Gasteiger partial charge in [-0.1, -0.05) is 13.3 Å². The number of nitrogens with one attached hydrogen (secondary N) is 1. The Hall–Kier alpha value is -1.14. The fourth-order valence-electron chi connectivity index (χ4n) is 3.11. The molecule has 0 saturated carbocycles. The van der Waals surface area contributed by atoms with E-state index in [9.17, 15) is 9.59 Å². The zero-order chi connectivity index (χ0) is 15.8. The average molecular weight is 311 g/mol. The molecule has 2 aliphatic rings. The van der Waals surface area contributed by atoms with E-state index in [2.05, 4.69) is 17.1 Å². The summed E-state index contributed by atoms with van der Waals surface area (Å²) in [6, 6.07) is 0. The van der Waals surface area contributed by atoms with Gasteiger partial charge in [-0.25, -0.2) is 0 Å². The van der Waals surface area contributed by atoms with E-state index in [1.165, 1.54) is 0 Å². The van der Waals surface area contributed by atoms with Crippen LogP contribution in [0.5, 0.6) is 0 Å². The molecule has 6 heteroatoms. The minimum Gasteiger partial charge on any atom is -0.378 e. The molecule has 2 amide bonds. The van der Waals surface area contributed by atoms with E-state index in [1.807, 2.05) is 4.90 Å². The summed E-state index contributed by atoms with van der Waals surface area (Å²) in [6.07, 6.45) is 4.02. The molecule has 1 N–H and O–H groups in total. The van der Waals surface area contributed by atoms with Crippen molar-refractivity contribution in [2.24, 2.45) is 5.92 Å². The molecule has 22 heavy (non-hydrogen) atoms. The number of unbranched alkanes of at least 4 members (excludes halogenated alkanes) is 1. The Labute approximate surface area is 133 Å². The van der Waals surface area contributed by atoms with Crippen molar-refractivity contribution in [2.45, 2.75) is 32.6 Å². The van der Waals surface area contributed by atoms with E-state index < -0.39 is 0 Å². The van der Waals surface area contributed by atoms with Crippen LogP contribution in [0.4, 0.5) is 0 Å². The lowest BCUT2D eigenvalue weighted by atomic mass is 9.96. The van der Waals surface area contributed by atoms with Gasteiger partial charge in [-0.15, -0.1) is 0 Å². The van der Waals surface area contributed by atoms with Crippen molar-refractivity contribution in [3.8, 4) is 0 Å². The van der Waals surface area contributed by atoms with E-state index in [0.29, 0.717) is 39.4 Å². The Morgan fingerprint density at radius 2 is 2.00 bits per heavy atom. The molecule has 6 nitrogen and oxygen atoms in total. The Kier molecular flexibility index (Phi) is 7.12. The number of carbonyl (C=O) groups is 2. The molecule has 0 aromatic carbocycles. The van der Waals surface area contributed by atoms with Gasteiger partial charge in [-0.05, 0) is 25.8 Å². The maximum Gasteiger partial charge on any atom is 0.234 e. The lowest BCUT2D eigenvalue weighted by Gasteiger charge is -2.35. The second-order valence-corrected chi connectivity index (χ2v) is 6.22. The molecule has 0 spiro atoms. The topological polar surface area (TPSA) is 61.9 Å². The highest BCUT2D eigenvalue weighted by atomic mass is 16.5. The van der Waals surface area contributed by atoms with E-state index in [-0.39, 0.29) is 17.7 Å². The molecule has 0 radical (unpaired) electrons. The summed E-state index contributed by atoms with van der Waals surface area (Å²) >= 11 is 0. The van der Waals surface area contributed by atoms with Crippen LogP contribution in [-0.4, -0.2) is 74.1 Å². The number of piperidine rings is 1. The summed E-state index contributed by atoms with van der Waals surface area (Å²) in [7, 11) is 0. The number of morpholine rings is 1. The Bertz CT molecular complexity index is 370. The molecule has 0 aromatic rings. The quantitative estimate of drug-likeness (QED) is 0.725. The zero-order valence-corrected chi connectivity index (χ0v) is 13.7. The molecule has 2 fully saturated rings. The van der Waals surface area contributed by atoms with Gasteiger partial charge in [0.15, 0.2) is 0 Å². The number of carbonyl (C=O) groups excluding carboxylic acids is 2. The van der Waals surface area contributed by atoms with Gasteiger partial charge >= 0.3 is 0 Å². The van der Waals surface area contributed by atoms with Gasteiger partial charge < -0.3 is 15.0 Å². The SMILES string of the molecule is CCCCNC(=O)CN1CCCC(C(=O)N2CCOCC2)C1. The molecule has 2 saturated heterocycles. The highest BCUT2D eigenvalue weighted by molar-refractivity contribution is 5.80. The zero-order valence-electron chi connectivity index (χ0n) is 13.7. The maximum absolute atomic E-state index is 12.5. The minimum absolute atomic E-state index is 0.0373. The lowest BCUT2D eigenvalue weighted by molar-refractivity contribution is -0.142. The normalized spacial score (nSPS) is 23.3. The number of rotatable bonds is 6. The third-order valence-corrected chi connectivity index (χ3v) is 4.40. The third-order valence-electron chi connectivity index (χ3n) is 4.40. The standard InChI is InChI=1S/C16H29N3O3/c1-2-3-6-17-15(20)13-18-7-4-5-14(12-18)16(21)19-8-10-22-11-9-19/h14H,2-13H2,1H3,(H,17,20). The van der Waals surface area contributed by atoms with Crippen LogP contribution in [0.1, 0.15) is 32.6 Å². The van der Waals surface area contributed by atoms with Crippen molar-refractivity contribution in [1.29, 1.82) is 0 Å². The predicted molar refractivity (Wildman–Crippen MR) is 84.5 cm³/mol. The van der Waals surface area contributed by atoms with Crippen LogP contribution < -0.4 is 5.32 Å². The fourth-order valence-corrected chi connectivity index (χ4v) is 3.11. The van der Waals surface area contributed by atoms with Crippen molar-refractivity contribution in [3.63, 3.8) is 0 Å². The maximum atomic E-state index is 12.5. The van der Waals surface area contributed by atoms with Crippen molar-refractivity contribution in [1.82, 2.24) is 15.1 Å². The first kappa shape index (κ1) is 17.2. The molecule has 126 valence electrons. The van der Waals surface area contributed by atoms with Crippen LogP contribution in [-0.2, 0) is 14.3 Å². The minimum atomic E-state index is 0.0373. The van der Waals surface area contributed by atoms with E-state index in [1.54, 1.807) is 0 Å². The highest BCUT2D eigenvalue weighted by Crippen LogP contribution is 2.19. The summed E-state index contributed by atoms with van der Waals surface area (Å²) in [5.41, 5.74) is 0. The van der Waals surface area contributed by atoms with Crippen molar-refractivity contribution >= 4 is 11.8 Å². The fraction of sp³-hybridized carbons (Fsp3) is 0.875. The summed E-state index contributed by atoms with van der Waals surface area (Å²) < 4.78 is 5.30. The van der Waals surface area contributed by atoms with Gasteiger partial charge in [0.2, 0.25) is 11.8 Å². The Morgan fingerprint density at radius 1 is 1.23 bits per heavy atom. The van der Waals surface area contributed by atoms with Crippen LogP contribution in [0.3, 0.4) is 0 Å². The van der Waals surface area contributed by atoms with Gasteiger partial charge in [0, 0.05) is 26.2 Å². The molecule has 0 aliphatic carbocycles. The van der Waals surface area contributed by atoms with E-state index in [4.69, 9.17) is 4.74 Å². The molecule has 0 bridgehead atoms. The van der Waals surface area contributed by atoms with E-state index in [0.717, 1.165) is 38.8 Å². The number of ether oxygens (including phenoxy) is 1. The number of hydrogen-bond donors (Lipinski definition) is 1. The first-order valence-corrected chi connectivity index (χ1v) is 8.56. The summed E-state index contributed by atoms with van der Waals surface area (Å²) in [5, 5.41) is 2.95. The van der Waals surface area contributed by atoms with Crippen molar-refractivity contribution in [3.05, 3.63) is 0 Å². The number of likely N-dealkylation sites (tertiary alicyclic amines) is 1. The third kappa shape index (κ3) is 5.25. The van der Waals surface area contributed by atoms with Crippen LogP contribution in [0.25, 0.3) is 0 Å². The first-order valence-electron chi connectivity index (χ1n) is 8.56. The molecule has 1 unspecified atom stereocenters. The Morgan fingerprint density at radius 3 is 2.73 bits per heavy atom. The van der Waals surface area contributed by atoms with Gasteiger partial charge in [0.05, 0.1) is 25.7 Å². The number of nitrogens with zero attached hydrogens (tertiary/aromatic N) is 2. The largest absolute Gasteiger partial charge is 0.378 e. The van der Waals surface area contributed by atoms with Gasteiger partial charge in [-0.2, -0.15) is 0 Å². The molecule has 2 aliphatic heterocycles. The van der Waals surface area contributed by atoms with Gasteiger partial charge in [0.1, 0.15) is 0 Å². The Balaban J connectivity index is 1.75. The van der Waals surface area contributed by atoms with Gasteiger partial charge in [0.25, 0.3) is 0 Å². The highest BCUT2D eigenvalue weighted by Gasteiger charge is 2.30. The second kappa shape index (κ2) is 9.10. The summed E-state index contributed by atoms with van der Waals surface area (Å²) in [5.74, 6) is 0.350. The number of amides is 2. The molecule has 1 atom stereocenters. The first-order chi connectivity index (χ1) is 10.7. The molecule has 2 heterocycles. The van der Waals surface area contributed by atoms with Crippen molar-refractivity contribution < 1.29 is 14.3 Å². The predicted octanol–water partition coefficient (Wildman–Crippen LogP) is 0.474. The average Bonchev–Trinajstić information content (AvgIpc) is 2.55. The smallest absolute Gasteiger partial charge is 0.234 e. The summed E-state index contributed by atoms with van der Waals surface area (Å²) in [6.45, 7) is 7.57. The van der Waals surface area contributed by atoms with E-state index >= 15 is 0 Å². The van der Waals surface area contributed by atoms with Crippen molar-refractivity contribution in [2.75, 3.05) is 52.5 Å². The van der Waals surface area contributed by atoms with Crippen LogP contribution in [0, 0.1) is 5.92 Å². The van der Waals surface area contributed by atoms with Gasteiger partial charge in [-0.3, -0.25) is 14.5 Å². The number of hydrogen-bond acceptors (Lipinski definition) is 4. The monoisotopic (exact) mass is 311 g/mol. The second-order valence-electron chi connectivity index (χ2n) is 6.22.